The Labute approximate surface area is 120 Å². The van der Waals surface area contributed by atoms with Crippen molar-refractivity contribution in [1.82, 2.24) is 4.98 Å². The number of anilines is 1. The number of carbonyl (C=O) groups excluding carboxylic acids is 1. The molecule has 0 atom stereocenters. The number of hydrogen-bond acceptors (Lipinski definition) is 4. The SMILES string of the molecule is Cc1csc(NC(=O)c2cccc(CC(N)=S)c2)n1. The number of thiocarbonyl (C=S) groups is 1. The van der Waals surface area contributed by atoms with Gasteiger partial charge in [0, 0.05) is 17.4 Å². The summed E-state index contributed by atoms with van der Waals surface area (Å²) in [7, 11) is 0. The van der Waals surface area contributed by atoms with Crippen LogP contribution in [-0.2, 0) is 6.42 Å². The number of amides is 1. The lowest BCUT2D eigenvalue weighted by atomic mass is 10.1. The summed E-state index contributed by atoms with van der Waals surface area (Å²) in [6.07, 6.45) is 0.493. The molecule has 19 heavy (non-hydrogen) atoms. The van der Waals surface area contributed by atoms with Gasteiger partial charge < -0.3 is 5.73 Å². The molecule has 0 fully saturated rings. The highest BCUT2D eigenvalue weighted by molar-refractivity contribution is 7.80. The monoisotopic (exact) mass is 291 g/mol. The predicted molar refractivity (Wildman–Crippen MR) is 81.7 cm³/mol. The van der Waals surface area contributed by atoms with E-state index in [9.17, 15) is 4.79 Å². The van der Waals surface area contributed by atoms with Crippen molar-refractivity contribution < 1.29 is 4.79 Å². The van der Waals surface area contributed by atoms with Crippen molar-refractivity contribution in [3.63, 3.8) is 0 Å². The molecule has 2 rings (SSSR count). The molecular weight excluding hydrogens is 278 g/mol. The van der Waals surface area contributed by atoms with Gasteiger partial charge in [-0.1, -0.05) is 24.4 Å². The topological polar surface area (TPSA) is 68.0 Å². The second-order valence-electron chi connectivity index (χ2n) is 4.09. The Bertz CT molecular complexity index is 622. The van der Waals surface area contributed by atoms with Crippen LogP contribution >= 0.6 is 23.6 Å². The zero-order valence-electron chi connectivity index (χ0n) is 10.3. The molecule has 1 heterocycles. The van der Waals surface area contributed by atoms with Crippen LogP contribution in [0, 0.1) is 6.92 Å². The van der Waals surface area contributed by atoms with E-state index < -0.39 is 0 Å². The van der Waals surface area contributed by atoms with Gasteiger partial charge in [-0.25, -0.2) is 4.98 Å². The Kier molecular flexibility index (Phi) is 4.24. The molecule has 0 radical (unpaired) electrons. The van der Waals surface area contributed by atoms with Crippen LogP contribution < -0.4 is 11.1 Å². The molecule has 0 aliphatic carbocycles. The molecule has 4 nitrogen and oxygen atoms in total. The Morgan fingerprint density at radius 3 is 2.95 bits per heavy atom. The molecular formula is C13H13N3OS2. The summed E-state index contributed by atoms with van der Waals surface area (Å²) in [5.74, 6) is -0.181. The third kappa shape index (κ3) is 3.84. The Hall–Kier alpha value is -1.79. The van der Waals surface area contributed by atoms with E-state index >= 15 is 0 Å². The van der Waals surface area contributed by atoms with Crippen LogP contribution in [0.3, 0.4) is 0 Å². The van der Waals surface area contributed by atoms with Crippen molar-refractivity contribution in [3.05, 3.63) is 46.5 Å². The van der Waals surface area contributed by atoms with Gasteiger partial charge in [0.25, 0.3) is 5.91 Å². The molecule has 0 aliphatic rings. The number of nitrogens with one attached hydrogen (secondary N) is 1. The van der Waals surface area contributed by atoms with E-state index in [1.807, 2.05) is 24.4 Å². The van der Waals surface area contributed by atoms with Gasteiger partial charge in [0.2, 0.25) is 0 Å². The highest BCUT2D eigenvalue weighted by Crippen LogP contribution is 2.16. The summed E-state index contributed by atoms with van der Waals surface area (Å²) in [6.45, 7) is 1.88. The molecule has 6 heteroatoms. The van der Waals surface area contributed by atoms with Gasteiger partial charge >= 0.3 is 0 Å². The zero-order chi connectivity index (χ0) is 13.8. The summed E-state index contributed by atoms with van der Waals surface area (Å²) in [6, 6.07) is 7.24. The maximum absolute atomic E-state index is 12.1. The molecule has 0 bridgehead atoms. The average Bonchev–Trinajstić information content (AvgIpc) is 2.74. The number of thiazole rings is 1. The van der Waals surface area contributed by atoms with Crippen molar-refractivity contribution in [3.8, 4) is 0 Å². The van der Waals surface area contributed by atoms with Gasteiger partial charge in [-0.05, 0) is 24.6 Å². The number of aromatic nitrogens is 1. The smallest absolute Gasteiger partial charge is 0.257 e. The third-order valence-corrected chi connectivity index (χ3v) is 3.43. The van der Waals surface area contributed by atoms with Crippen LogP contribution in [-0.4, -0.2) is 15.9 Å². The van der Waals surface area contributed by atoms with E-state index in [0.29, 0.717) is 22.1 Å². The van der Waals surface area contributed by atoms with Gasteiger partial charge in [-0.15, -0.1) is 11.3 Å². The summed E-state index contributed by atoms with van der Waals surface area (Å²) >= 11 is 6.27. The van der Waals surface area contributed by atoms with Crippen LogP contribution in [0.5, 0.6) is 0 Å². The average molecular weight is 291 g/mol. The first-order valence-corrected chi connectivity index (χ1v) is 6.94. The van der Waals surface area contributed by atoms with Gasteiger partial charge in [0.05, 0.1) is 10.7 Å². The van der Waals surface area contributed by atoms with E-state index in [0.717, 1.165) is 11.3 Å². The first-order valence-electron chi connectivity index (χ1n) is 5.65. The molecule has 1 aromatic carbocycles. The summed E-state index contributed by atoms with van der Waals surface area (Å²) in [4.78, 5) is 16.7. The number of nitrogens with two attached hydrogens (primary N) is 1. The van der Waals surface area contributed by atoms with Crippen LogP contribution in [0.4, 0.5) is 5.13 Å². The van der Waals surface area contributed by atoms with E-state index in [-0.39, 0.29) is 5.91 Å². The Balaban J connectivity index is 2.12. The summed E-state index contributed by atoms with van der Waals surface area (Å²) in [5, 5.41) is 5.25. The maximum atomic E-state index is 12.1. The normalized spacial score (nSPS) is 10.2. The summed E-state index contributed by atoms with van der Waals surface area (Å²) < 4.78 is 0. The van der Waals surface area contributed by atoms with E-state index in [1.54, 1.807) is 12.1 Å². The Morgan fingerprint density at radius 1 is 1.53 bits per heavy atom. The van der Waals surface area contributed by atoms with Crippen LogP contribution in [0.1, 0.15) is 21.6 Å². The quantitative estimate of drug-likeness (QED) is 0.849. The van der Waals surface area contributed by atoms with E-state index in [1.165, 1.54) is 11.3 Å². The number of carbonyl (C=O) groups is 1. The molecule has 0 saturated heterocycles. The standard InChI is InChI=1S/C13H13N3OS2/c1-8-7-19-13(15-8)16-12(17)10-4-2-3-9(5-10)6-11(14)18/h2-5,7H,6H2,1H3,(H2,14,18)(H,15,16,17). The molecule has 1 amide bonds. The van der Waals surface area contributed by atoms with Crippen molar-refractivity contribution in [1.29, 1.82) is 0 Å². The number of nitrogens with zero attached hydrogens (tertiary/aromatic N) is 1. The van der Waals surface area contributed by atoms with Crippen LogP contribution in [0.25, 0.3) is 0 Å². The fourth-order valence-electron chi connectivity index (χ4n) is 1.60. The van der Waals surface area contributed by atoms with Crippen molar-refractivity contribution >= 4 is 39.6 Å². The molecule has 3 N–H and O–H groups in total. The van der Waals surface area contributed by atoms with Crippen LogP contribution in [0.2, 0.25) is 0 Å². The minimum Gasteiger partial charge on any atom is -0.393 e. The lowest BCUT2D eigenvalue weighted by Crippen LogP contribution is -2.14. The lowest BCUT2D eigenvalue weighted by molar-refractivity contribution is 0.102. The van der Waals surface area contributed by atoms with E-state index in [2.05, 4.69) is 10.3 Å². The van der Waals surface area contributed by atoms with Crippen molar-refractivity contribution in [2.24, 2.45) is 5.73 Å². The van der Waals surface area contributed by atoms with Gasteiger partial charge in [-0.2, -0.15) is 0 Å². The van der Waals surface area contributed by atoms with E-state index in [4.69, 9.17) is 18.0 Å². The zero-order valence-corrected chi connectivity index (χ0v) is 12.0. The van der Waals surface area contributed by atoms with Crippen molar-refractivity contribution in [2.75, 3.05) is 5.32 Å². The largest absolute Gasteiger partial charge is 0.393 e. The number of hydrogen-bond donors (Lipinski definition) is 2. The first-order chi connectivity index (χ1) is 9.04. The summed E-state index contributed by atoms with van der Waals surface area (Å²) in [5.41, 5.74) is 7.89. The molecule has 0 unspecified atom stereocenters. The fraction of sp³-hybridized carbons (Fsp3) is 0.154. The second kappa shape index (κ2) is 5.90. The number of rotatable bonds is 4. The number of aryl methyl sites for hydroxylation is 1. The highest BCUT2D eigenvalue weighted by Gasteiger charge is 2.09. The highest BCUT2D eigenvalue weighted by atomic mass is 32.1. The molecule has 2 aromatic rings. The molecule has 0 aliphatic heterocycles. The third-order valence-electron chi connectivity index (χ3n) is 2.41. The molecule has 0 spiro atoms. The maximum Gasteiger partial charge on any atom is 0.257 e. The van der Waals surface area contributed by atoms with Gasteiger partial charge in [0.1, 0.15) is 0 Å². The first kappa shape index (κ1) is 13.6. The second-order valence-corrected chi connectivity index (χ2v) is 5.47. The molecule has 1 aromatic heterocycles. The minimum atomic E-state index is -0.181. The Morgan fingerprint density at radius 2 is 2.32 bits per heavy atom. The predicted octanol–water partition coefficient (Wildman–Crippen LogP) is 2.53. The van der Waals surface area contributed by atoms with Crippen molar-refractivity contribution in [2.45, 2.75) is 13.3 Å². The number of benzene rings is 1. The minimum absolute atomic E-state index is 0.181. The molecule has 0 saturated carbocycles. The van der Waals surface area contributed by atoms with Crippen LogP contribution in [0.15, 0.2) is 29.6 Å². The van der Waals surface area contributed by atoms with Gasteiger partial charge in [0.15, 0.2) is 5.13 Å². The lowest BCUT2D eigenvalue weighted by Gasteiger charge is -2.04. The van der Waals surface area contributed by atoms with Gasteiger partial charge in [-0.3, -0.25) is 10.1 Å². The fourth-order valence-corrected chi connectivity index (χ4v) is 2.45. The molecule has 98 valence electrons.